The number of carbonyl (C=O) groups is 2. The number of benzene rings is 1. The van der Waals surface area contributed by atoms with Crippen LogP contribution in [0, 0.1) is 0 Å². The summed E-state index contributed by atoms with van der Waals surface area (Å²) < 4.78 is 11.5. The van der Waals surface area contributed by atoms with Crippen molar-refractivity contribution in [1.82, 2.24) is 14.8 Å². The van der Waals surface area contributed by atoms with Gasteiger partial charge >= 0.3 is 5.97 Å². The van der Waals surface area contributed by atoms with Crippen LogP contribution in [0.4, 0.5) is 0 Å². The van der Waals surface area contributed by atoms with Crippen LogP contribution in [-0.4, -0.2) is 39.9 Å². The minimum Gasteiger partial charge on any atom is -0.463 e. The maximum Gasteiger partial charge on any atom is 0.302 e. The van der Waals surface area contributed by atoms with Gasteiger partial charge in [0, 0.05) is 16.8 Å². The third-order valence-corrected chi connectivity index (χ3v) is 3.87. The topological polar surface area (TPSA) is 109 Å². The van der Waals surface area contributed by atoms with Crippen LogP contribution in [0.15, 0.2) is 34.3 Å². The zero-order chi connectivity index (χ0) is 17.5. The molecule has 1 aromatic heterocycles. The lowest BCUT2D eigenvalue weighted by atomic mass is 10.4. The lowest BCUT2D eigenvalue weighted by Gasteiger charge is -2.07. The molecule has 0 atom stereocenters. The second kappa shape index (κ2) is 8.67. The van der Waals surface area contributed by atoms with E-state index in [1.54, 1.807) is 12.1 Å². The minimum atomic E-state index is -0.730. The Kier molecular flexibility index (Phi) is 6.59. The molecule has 1 amide bonds. The van der Waals surface area contributed by atoms with Gasteiger partial charge in [-0.2, -0.15) is 4.98 Å². The molecule has 2 N–H and O–H groups in total. The second-order valence-electron chi connectivity index (χ2n) is 4.52. The molecule has 10 heteroatoms. The molecule has 0 saturated carbocycles. The molecule has 2 rings (SSSR count). The van der Waals surface area contributed by atoms with Crippen molar-refractivity contribution in [1.29, 1.82) is 0 Å². The molecule has 1 heterocycles. The quantitative estimate of drug-likeness (QED) is 0.556. The van der Waals surface area contributed by atoms with Gasteiger partial charge in [0.15, 0.2) is 5.16 Å². The largest absolute Gasteiger partial charge is 0.463 e. The summed E-state index contributed by atoms with van der Waals surface area (Å²) in [6.45, 7) is 1.68. The first-order valence-electron chi connectivity index (χ1n) is 6.85. The fourth-order valence-corrected chi connectivity index (χ4v) is 2.54. The van der Waals surface area contributed by atoms with E-state index in [-0.39, 0.29) is 31.7 Å². The molecular weight excluding hydrogens is 356 g/mol. The number of esters is 1. The van der Waals surface area contributed by atoms with Crippen LogP contribution in [0.1, 0.15) is 17.5 Å². The number of amides is 1. The van der Waals surface area contributed by atoms with Crippen LogP contribution >= 0.6 is 23.4 Å². The highest BCUT2D eigenvalue weighted by Gasteiger charge is 2.15. The van der Waals surface area contributed by atoms with Gasteiger partial charge in [-0.25, -0.2) is 4.68 Å². The van der Waals surface area contributed by atoms with E-state index in [0.29, 0.717) is 10.2 Å². The van der Waals surface area contributed by atoms with Gasteiger partial charge in [0.1, 0.15) is 13.3 Å². The predicted octanol–water partition coefficient (Wildman–Crippen LogP) is 1.72. The Labute approximate surface area is 147 Å². The second-order valence-corrected chi connectivity index (χ2v) is 5.99. The first kappa shape index (κ1) is 18.2. The number of primary amides is 1. The van der Waals surface area contributed by atoms with Crippen LogP contribution in [0.3, 0.4) is 0 Å². The SMILES string of the molecule is CC(=O)OCCOCn1nc(C(N)=O)nc1Sc1ccc(Cl)cc1. The Bertz CT molecular complexity index is 720. The van der Waals surface area contributed by atoms with Crippen LogP contribution in [0.25, 0.3) is 0 Å². The third-order valence-electron chi connectivity index (χ3n) is 2.63. The van der Waals surface area contributed by atoms with Crippen LogP contribution in [0.5, 0.6) is 0 Å². The molecule has 128 valence electrons. The molecule has 0 bridgehead atoms. The molecule has 0 radical (unpaired) electrons. The maximum atomic E-state index is 11.3. The Morgan fingerprint density at radius 2 is 2.00 bits per heavy atom. The van der Waals surface area contributed by atoms with Crippen molar-refractivity contribution < 1.29 is 19.1 Å². The summed E-state index contributed by atoms with van der Waals surface area (Å²) in [5.41, 5.74) is 5.22. The number of nitrogens with two attached hydrogens (primary N) is 1. The Balaban J connectivity index is 2.03. The number of rotatable bonds is 8. The maximum absolute atomic E-state index is 11.3. The molecule has 0 saturated heterocycles. The van der Waals surface area contributed by atoms with Gasteiger partial charge in [0.25, 0.3) is 5.91 Å². The molecule has 0 spiro atoms. The van der Waals surface area contributed by atoms with Crippen molar-refractivity contribution in [2.45, 2.75) is 23.7 Å². The monoisotopic (exact) mass is 370 g/mol. The van der Waals surface area contributed by atoms with Crippen LogP contribution in [-0.2, 0) is 21.0 Å². The fraction of sp³-hybridized carbons (Fsp3) is 0.286. The van der Waals surface area contributed by atoms with Crippen molar-refractivity contribution >= 4 is 35.2 Å². The molecule has 1 aromatic carbocycles. The van der Waals surface area contributed by atoms with E-state index in [1.165, 1.54) is 23.4 Å². The van der Waals surface area contributed by atoms with E-state index in [9.17, 15) is 9.59 Å². The number of halogens is 1. The van der Waals surface area contributed by atoms with Gasteiger partial charge in [-0.3, -0.25) is 9.59 Å². The standard InChI is InChI=1S/C14H15ClN4O4S/c1-9(20)23-7-6-22-8-19-14(17-13(18-19)12(16)21)24-11-4-2-10(15)3-5-11/h2-5H,6-8H2,1H3,(H2,16,21). The average Bonchev–Trinajstić information content (AvgIpc) is 2.92. The molecule has 24 heavy (non-hydrogen) atoms. The summed E-state index contributed by atoms with van der Waals surface area (Å²) in [5, 5.41) is 5.07. The number of carbonyl (C=O) groups excluding carboxylic acids is 2. The van der Waals surface area contributed by atoms with E-state index >= 15 is 0 Å². The van der Waals surface area contributed by atoms with E-state index in [4.69, 9.17) is 26.8 Å². The fourth-order valence-electron chi connectivity index (χ4n) is 1.60. The van der Waals surface area contributed by atoms with Crippen molar-refractivity contribution in [3.05, 3.63) is 35.1 Å². The summed E-state index contributed by atoms with van der Waals surface area (Å²) in [5.74, 6) is -1.21. The number of hydrogen-bond donors (Lipinski definition) is 1. The zero-order valence-corrected chi connectivity index (χ0v) is 14.3. The minimum absolute atomic E-state index is 0.0392. The lowest BCUT2D eigenvalue weighted by Crippen LogP contribution is -2.15. The van der Waals surface area contributed by atoms with Crippen molar-refractivity contribution in [2.24, 2.45) is 5.73 Å². The molecule has 0 aliphatic heterocycles. The summed E-state index contributed by atoms with van der Waals surface area (Å²) in [7, 11) is 0. The van der Waals surface area contributed by atoms with Crippen LogP contribution in [0.2, 0.25) is 5.02 Å². The Morgan fingerprint density at radius 1 is 1.29 bits per heavy atom. The molecule has 0 aliphatic carbocycles. The van der Waals surface area contributed by atoms with Crippen molar-refractivity contribution in [3.8, 4) is 0 Å². The van der Waals surface area contributed by atoms with E-state index < -0.39 is 5.91 Å². The highest BCUT2D eigenvalue weighted by Crippen LogP contribution is 2.27. The number of hydrogen-bond acceptors (Lipinski definition) is 7. The molecule has 0 unspecified atom stereocenters. The highest BCUT2D eigenvalue weighted by molar-refractivity contribution is 7.99. The zero-order valence-electron chi connectivity index (χ0n) is 12.8. The molecule has 8 nitrogen and oxygen atoms in total. The van der Waals surface area contributed by atoms with E-state index in [0.717, 1.165) is 4.90 Å². The van der Waals surface area contributed by atoms with Gasteiger partial charge in [-0.15, -0.1) is 5.10 Å². The van der Waals surface area contributed by atoms with E-state index in [1.807, 2.05) is 12.1 Å². The average molecular weight is 371 g/mol. The van der Waals surface area contributed by atoms with Gasteiger partial charge in [0.05, 0.1) is 6.61 Å². The lowest BCUT2D eigenvalue weighted by molar-refractivity contribution is -0.143. The van der Waals surface area contributed by atoms with Crippen molar-refractivity contribution in [3.63, 3.8) is 0 Å². The normalized spacial score (nSPS) is 10.6. The first-order chi connectivity index (χ1) is 11.5. The molecule has 0 aliphatic rings. The Morgan fingerprint density at radius 3 is 2.62 bits per heavy atom. The van der Waals surface area contributed by atoms with Gasteiger partial charge in [0.2, 0.25) is 5.82 Å². The van der Waals surface area contributed by atoms with Crippen LogP contribution < -0.4 is 5.73 Å². The van der Waals surface area contributed by atoms with Gasteiger partial charge < -0.3 is 15.2 Å². The summed E-state index contributed by atoms with van der Waals surface area (Å²) in [6.07, 6.45) is 0. The summed E-state index contributed by atoms with van der Waals surface area (Å²) in [4.78, 5) is 26.9. The summed E-state index contributed by atoms with van der Waals surface area (Å²) in [6, 6.07) is 7.12. The van der Waals surface area contributed by atoms with Gasteiger partial charge in [-0.1, -0.05) is 23.4 Å². The third kappa shape index (κ3) is 5.52. The highest BCUT2D eigenvalue weighted by atomic mass is 35.5. The first-order valence-corrected chi connectivity index (χ1v) is 8.04. The predicted molar refractivity (Wildman–Crippen MR) is 86.7 cm³/mol. The molecular formula is C14H15ClN4O4S. The molecule has 2 aromatic rings. The number of ether oxygens (including phenoxy) is 2. The van der Waals surface area contributed by atoms with Crippen molar-refractivity contribution in [2.75, 3.05) is 13.2 Å². The summed E-state index contributed by atoms with van der Waals surface area (Å²) >= 11 is 7.14. The Hall–Kier alpha value is -2.10. The van der Waals surface area contributed by atoms with Gasteiger partial charge in [-0.05, 0) is 24.3 Å². The number of nitrogens with zero attached hydrogens (tertiary/aromatic N) is 3. The molecule has 0 fully saturated rings. The smallest absolute Gasteiger partial charge is 0.302 e. The number of aromatic nitrogens is 3. The van der Waals surface area contributed by atoms with E-state index in [2.05, 4.69) is 10.1 Å².